The molecule has 12 aromatic carbocycles. The summed E-state index contributed by atoms with van der Waals surface area (Å²) in [6.45, 7) is 13.8. The zero-order valence-corrected chi connectivity index (χ0v) is 34.0. The van der Waals surface area contributed by atoms with Crippen molar-refractivity contribution in [3.63, 3.8) is 0 Å². The third kappa shape index (κ3) is 4.58. The highest BCUT2D eigenvalue weighted by Gasteiger charge is 2.27. The Kier molecular flexibility index (Phi) is 6.70. The van der Waals surface area contributed by atoms with E-state index < -0.39 is 0 Å². The molecule has 0 aromatic heterocycles. The Bertz CT molecular complexity index is 3640. The van der Waals surface area contributed by atoms with Crippen molar-refractivity contribution in [3.05, 3.63) is 169 Å². The fourth-order valence-corrected chi connectivity index (χ4v) is 10.6. The second kappa shape index (κ2) is 11.6. The Morgan fingerprint density at radius 2 is 0.638 bits per heavy atom. The van der Waals surface area contributed by atoms with E-state index in [2.05, 4.69) is 199 Å². The SMILES string of the molecule is CC(C)(C)c1ccc(-c2c3cc4c(cc3c(-c3ccc(C(C)(C)C)cc3)c3c5cc6ccccc6c6cccc(c23)c65)c2cccc3c5ccccc5cc4c32)cc1. The van der Waals surface area contributed by atoms with Crippen molar-refractivity contribution in [3.8, 4) is 22.3 Å². The molecule has 0 bridgehead atoms. The highest BCUT2D eigenvalue weighted by molar-refractivity contribution is 6.44. The van der Waals surface area contributed by atoms with E-state index in [1.807, 2.05) is 0 Å². The number of hydrogen-bond acceptors (Lipinski definition) is 0. The van der Waals surface area contributed by atoms with E-state index in [4.69, 9.17) is 0 Å². The monoisotopic (exact) mass is 740 g/mol. The molecule has 0 amide bonds. The average Bonchev–Trinajstić information content (AvgIpc) is 3.72. The van der Waals surface area contributed by atoms with Gasteiger partial charge in [-0.2, -0.15) is 0 Å². The van der Waals surface area contributed by atoms with Gasteiger partial charge >= 0.3 is 0 Å². The second-order valence-electron chi connectivity index (χ2n) is 18.8. The maximum Gasteiger partial charge on any atom is -0.000719 e. The Labute approximate surface area is 339 Å². The van der Waals surface area contributed by atoms with Crippen LogP contribution in [0.15, 0.2) is 158 Å². The molecule has 0 heterocycles. The first kappa shape index (κ1) is 33.6. The van der Waals surface area contributed by atoms with Gasteiger partial charge in [0.05, 0.1) is 0 Å². The van der Waals surface area contributed by atoms with Crippen molar-refractivity contribution in [1.29, 1.82) is 0 Å². The maximum absolute atomic E-state index is 2.56. The summed E-state index contributed by atoms with van der Waals surface area (Å²) in [6, 6.07) is 60.8. The van der Waals surface area contributed by atoms with Crippen LogP contribution in [-0.4, -0.2) is 0 Å². The van der Waals surface area contributed by atoms with Crippen molar-refractivity contribution in [1.82, 2.24) is 0 Å². The molecule has 0 saturated carbocycles. The summed E-state index contributed by atoms with van der Waals surface area (Å²) in [5.74, 6) is 0. The molecule has 0 aliphatic rings. The van der Waals surface area contributed by atoms with E-state index >= 15 is 0 Å². The van der Waals surface area contributed by atoms with Crippen LogP contribution in [0.25, 0.3) is 119 Å². The van der Waals surface area contributed by atoms with Crippen LogP contribution in [-0.2, 0) is 10.8 Å². The van der Waals surface area contributed by atoms with Crippen LogP contribution in [0.4, 0.5) is 0 Å². The zero-order chi connectivity index (χ0) is 39.2. The first-order chi connectivity index (χ1) is 28.0. The molecule has 0 aliphatic heterocycles. The van der Waals surface area contributed by atoms with Crippen molar-refractivity contribution in [2.75, 3.05) is 0 Å². The molecule has 276 valence electrons. The summed E-state index contributed by atoms with van der Waals surface area (Å²) in [5, 5.41) is 23.9. The molecular formula is C58H44. The maximum atomic E-state index is 2.56. The van der Waals surface area contributed by atoms with Crippen LogP contribution in [0.2, 0.25) is 0 Å². The van der Waals surface area contributed by atoms with E-state index in [1.165, 1.54) is 130 Å². The van der Waals surface area contributed by atoms with Gasteiger partial charge in [-0.25, -0.2) is 0 Å². The summed E-state index contributed by atoms with van der Waals surface area (Å²) in [4.78, 5) is 0. The van der Waals surface area contributed by atoms with Crippen LogP contribution in [0.3, 0.4) is 0 Å². The van der Waals surface area contributed by atoms with Crippen molar-refractivity contribution in [2.45, 2.75) is 52.4 Å². The Morgan fingerprint density at radius 3 is 1.14 bits per heavy atom. The van der Waals surface area contributed by atoms with Gasteiger partial charge in [0.1, 0.15) is 0 Å². The van der Waals surface area contributed by atoms with Gasteiger partial charge in [-0.05, 0) is 165 Å². The molecule has 0 nitrogen and oxygen atoms in total. The highest BCUT2D eigenvalue weighted by Crippen LogP contribution is 2.54. The summed E-state index contributed by atoms with van der Waals surface area (Å²) >= 11 is 0. The highest BCUT2D eigenvalue weighted by atomic mass is 14.3. The molecule has 0 aliphatic carbocycles. The predicted octanol–water partition coefficient (Wildman–Crippen LogP) is 16.9. The minimum absolute atomic E-state index is 0.0567. The van der Waals surface area contributed by atoms with Crippen molar-refractivity contribution < 1.29 is 0 Å². The lowest BCUT2D eigenvalue weighted by atomic mass is 9.82. The van der Waals surface area contributed by atoms with Gasteiger partial charge in [0.15, 0.2) is 0 Å². The van der Waals surface area contributed by atoms with Crippen LogP contribution >= 0.6 is 0 Å². The van der Waals surface area contributed by atoms with Gasteiger partial charge in [0.2, 0.25) is 0 Å². The first-order valence-electron chi connectivity index (χ1n) is 20.8. The largest absolute Gasteiger partial charge is 0.0616 e. The molecule has 0 saturated heterocycles. The smallest absolute Gasteiger partial charge is 0.000719 e. The summed E-state index contributed by atoms with van der Waals surface area (Å²) < 4.78 is 0. The Hall–Kier alpha value is -6.50. The lowest BCUT2D eigenvalue weighted by molar-refractivity contribution is 0.590. The minimum Gasteiger partial charge on any atom is -0.0616 e. The zero-order valence-electron chi connectivity index (χ0n) is 34.0. The van der Waals surface area contributed by atoms with Gasteiger partial charge < -0.3 is 0 Å². The van der Waals surface area contributed by atoms with Crippen molar-refractivity contribution >= 4 is 97.0 Å². The number of fused-ring (bicyclic) bond motifs is 11. The van der Waals surface area contributed by atoms with Crippen LogP contribution < -0.4 is 0 Å². The fraction of sp³-hybridized carbons (Fsp3) is 0.138. The summed E-state index contributed by atoms with van der Waals surface area (Å²) in [5.41, 5.74) is 7.98. The molecular weight excluding hydrogens is 697 g/mol. The molecule has 0 heteroatoms. The van der Waals surface area contributed by atoms with E-state index in [1.54, 1.807) is 0 Å². The van der Waals surface area contributed by atoms with E-state index in [9.17, 15) is 0 Å². The number of hydrogen-bond donors (Lipinski definition) is 0. The molecule has 0 atom stereocenters. The molecule has 12 aromatic rings. The van der Waals surface area contributed by atoms with Crippen LogP contribution in [0.5, 0.6) is 0 Å². The van der Waals surface area contributed by atoms with Crippen molar-refractivity contribution in [2.24, 2.45) is 0 Å². The predicted molar refractivity (Wildman–Crippen MR) is 255 cm³/mol. The topological polar surface area (TPSA) is 0 Å². The first-order valence-corrected chi connectivity index (χ1v) is 20.8. The summed E-state index contributed by atoms with van der Waals surface area (Å²) in [6.07, 6.45) is 0. The third-order valence-electron chi connectivity index (χ3n) is 13.4. The quantitative estimate of drug-likeness (QED) is 0.155. The second-order valence-corrected chi connectivity index (χ2v) is 18.8. The normalized spacial score (nSPS) is 13.0. The molecule has 12 rings (SSSR count). The molecule has 58 heavy (non-hydrogen) atoms. The molecule has 0 N–H and O–H groups in total. The average molecular weight is 741 g/mol. The number of benzene rings is 10. The van der Waals surface area contributed by atoms with E-state index in [-0.39, 0.29) is 10.8 Å². The Balaban J connectivity index is 1.35. The van der Waals surface area contributed by atoms with Crippen LogP contribution in [0, 0.1) is 0 Å². The third-order valence-corrected chi connectivity index (χ3v) is 13.4. The summed E-state index contributed by atoms with van der Waals surface area (Å²) in [7, 11) is 0. The minimum atomic E-state index is 0.0567. The van der Waals surface area contributed by atoms with Gasteiger partial charge in [-0.1, -0.05) is 175 Å². The lowest BCUT2D eigenvalue weighted by Crippen LogP contribution is -2.10. The molecule has 0 fully saturated rings. The lowest BCUT2D eigenvalue weighted by Gasteiger charge is -2.21. The van der Waals surface area contributed by atoms with Gasteiger partial charge in [-0.3, -0.25) is 0 Å². The van der Waals surface area contributed by atoms with Gasteiger partial charge in [0, 0.05) is 0 Å². The Morgan fingerprint density at radius 1 is 0.259 bits per heavy atom. The standard InChI is InChI=1S/C58H44/c1-57(2,3)37-25-21-33(22-26-37)51-49-32-46-45(43-19-11-17-41-39-15-9-7-13-35(39)29-47(46)53(41)43)31-48(49)52(34-23-27-38(28-24-34)58(4,5)6)56-50-30-36-14-8-10-16-40(36)42-18-12-20-44(54(42)50)55(51)56/h7-32H,1-6H3. The molecule has 0 unspecified atom stereocenters. The van der Waals surface area contributed by atoms with E-state index in [0.29, 0.717) is 0 Å². The molecule has 0 radical (unpaired) electrons. The van der Waals surface area contributed by atoms with Crippen LogP contribution in [0.1, 0.15) is 52.7 Å². The molecule has 0 spiro atoms. The van der Waals surface area contributed by atoms with E-state index in [0.717, 1.165) is 0 Å². The number of rotatable bonds is 2. The fourth-order valence-electron chi connectivity index (χ4n) is 10.6. The van der Waals surface area contributed by atoms with Gasteiger partial charge in [0.25, 0.3) is 0 Å². The van der Waals surface area contributed by atoms with Gasteiger partial charge in [-0.15, -0.1) is 0 Å².